The molecule has 0 bridgehead atoms. The van der Waals surface area contributed by atoms with Crippen molar-refractivity contribution in [1.29, 1.82) is 0 Å². The van der Waals surface area contributed by atoms with E-state index in [0.717, 1.165) is 41.3 Å². The maximum Gasteiger partial charge on any atom is 0.265 e. The molecule has 208 valence electrons. The lowest BCUT2D eigenvalue weighted by Crippen LogP contribution is -2.38. The van der Waals surface area contributed by atoms with E-state index < -0.39 is 11.5 Å². The first-order chi connectivity index (χ1) is 19.3. The molecule has 10 nitrogen and oxygen atoms in total. The fourth-order valence-corrected chi connectivity index (χ4v) is 5.80. The molecule has 4 heterocycles. The Bertz CT molecular complexity index is 1640. The van der Waals surface area contributed by atoms with Crippen molar-refractivity contribution in [3.63, 3.8) is 0 Å². The smallest absolute Gasteiger partial charge is 0.265 e. The van der Waals surface area contributed by atoms with Gasteiger partial charge in [0.2, 0.25) is 11.7 Å². The summed E-state index contributed by atoms with van der Waals surface area (Å²) in [6, 6.07) is 11.8. The number of carbonyl (C=O) groups excluding carboxylic acids is 1. The number of anilines is 1. The van der Waals surface area contributed by atoms with Crippen LogP contribution in [0, 0.1) is 13.8 Å². The zero-order valence-electron chi connectivity index (χ0n) is 23.0. The third-order valence-electron chi connectivity index (χ3n) is 8.08. The van der Waals surface area contributed by atoms with Gasteiger partial charge in [-0.1, -0.05) is 29.4 Å². The maximum atomic E-state index is 13.4. The van der Waals surface area contributed by atoms with Crippen LogP contribution in [0.3, 0.4) is 0 Å². The summed E-state index contributed by atoms with van der Waals surface area (Å²) in [6.07, 6.45) is 2.26. The molecule has 6 rings (SSSR count). The fourth-order valence-electron chi connectivity index (χ4n) is 5.80. The lowest BCUT2D eigenvalue weighted by molar-refractivity contribution is 0.0999. The minimum atomic E-state index is -0.736. The maximum absolute atomic E-state index is 13.4. The van der Waals surface area contributed by atoms with Gasteiger partial charge in [0.05, 0.1) is 24.4 Å². The van der Waals surface area contributed by atoms with E-state index in [-0.39, 0.29) is 17.6 Å². The van der Waals surface area contributed by atoms with Crippen molar-refractivity contribution < 1.29 is 18.8 Å². The molecule has 2 N–H and O–H groups in total. The first-order valence-electron chi connectivity index (χ1n) is 13.7. The van der Waals surface area contributed by atoms with Crippen LogP contribution in [0.1, 0.15) is 52.6 Å². The second kappa shape index (κ2) is 10.4. The van der Waals surface area contributed by atoms with E-state index >= 15 is 0 Å². The van der Waals surface area contributed by atoms with Crippen LogP contribution in [0.25, 0.3) is 22.3 Å². The number of amides is 1. The Balaban J connectivity index is 1.32. The van der Waals surface area contributed by atoms with Gasteiger partial charge < -0.3 is 29.2 Å². The minimum Gasteiger partial charge on any atom is -0.488 e. The van der Waals surface area contributed by atoms with Crippen molar-refractivity contribution in [2.75, 3.05) is 31.2 Å². The molecule has 0 aliphatic carbocycles. The Kier molecular flexibility index (Phi) is 6.79. The molecule has 1 amide bonds. The first-order valence-corrected chi connectivity index (χ1v) is 13.7. The molecule has 2 saturated heterocycles. The quantitative estimate of drug-likeness (QED) is 0.389. The number of hydrogen-bond donors (Lipinski definition) is 1. The zero-order chi connectivity index (χ0) is 28.0. The van der Waals surface area contributed by atoms with E-state index in [0.29, 0.717) is 55.0 Å². The van der Waals surface area contributed by atoms with E-state index in [9.17, 15) is 9.59 Å². The van der Waals surface area contributed by atoms with Crippen LogP contribution >= 0.6 is 0 Å². The molecule has 0 radical (unpaired) electrons. The van der Waals surface area contributed by atoms with Gasteiger partial charge in [0.15, 0.2) is 0 Å². The molecule has 10 heteroatoms. The van der Waals surface area contributed by atoms with Crippen LogP contribution in [0.2, 0.25) is 0 Å². The average Bonchev–Trinajstić information content (AvgIpc) is 3.64. The largest absolute Gasteiger partial charge is 0.488 e. The van der Waals surface area contributed by atoms with E-state index in [1.54, 1.807) is 7.05 Å². The SMILES string of the molecule is Cc1cc2c(N3CCC(c4nc(-c5ccccc5C)no4)CC3)c(C(N)=O)c(=O)n(C)c2cc1OC1CCOC1. The van der Waals surface area contributed by atoms with Crippen LogP contribution in [-0.4, -0.2) is 53.0 Å². The first kappa shape index (κ1) is 26.1. The molecular weight excluding hydrogens is 510 g/mol. The number of hydrogen-bond acceptors (Lipinski definition) is 8. The summed E-state index contributed by atoms with van der Waals surface area (Å²) < 4.78 is 18.8. The van der Waals surface area contributed by atoms with E-state index in [1.165, 1.54) is 4.57 Å². The van der Waals surface area contributed by atoms with Gasteiger partial charge in [-0.2, -0.15) is 4.98 Å². The number of nitrogens with two attached hydrogens (primary N) is 1. The van der Waals surface area contributed by atoms with Crippen molar-refractivity contribution >= 4 is 22.5 Å². The van der Waals surface area contributed by atoms with Crippen molar-refractivity contribution in [3.05, 3.63) is 69.3 Å². The van der Waals surface area contributed by atoms with Crippen molar-refractivity contribution in [3.8, 4) is 17.1 Å². The molecule has 4 aromatic rings. The number of fused-ring (bicyclic) bond motifs is 1. The van der Waals surface area contributed by atoms with Gasteiger partial charge in [-0.15, -0.1) is 0 Å². The van der Waals surface area contributed by atoms with Crippen LogP contribution in [-0.2, 0) is 11.8 Å². The molecule has 2 aromatic carbocycles. The Morgan fingerprint density at radius 3 is 2.58 bits per heavy atom. The van der Waals surface area contributed by atoms with Gasteiger partial charge in [0.25, 0.3) is 11.5 Å². The van der Waals surface area contributed by atoms with E-state index in [1.807, 2.05) is 50.2 Å². The summed E-state index contributed by atoms with van der Waals surface area (Å²) in [5, 5.41) is 5.02. The monoisotopic (exact) mass is 543 g/mol. The van der Waals surface area contributed by atoms with Crippen LogP contribution in [0.5, 0.6) is 5.75 Å². The summed E-state index contributed by atoms with van der Waals surface area (Å²) in [4.78, 5) is 32.8. The topological polar surface area (TPSA) is 126 Å². The highest BCUT2D eigenvalue weighted by Gasteiger charge is 2.31. The molecule has 2 fully saturated rings. The predicted octanol–water partition coefficient (Wildman–Crippen LogP) is 3.86. The molecule has 0 spiro atoms. The average molecular weight is 544 g/mol. The highest BCUT2D eigenvalue weighted by molar-refractivity contribution is 6.07. The van der Waals surface area contributed by atoms with Crippen LogP contribution in [0.15, 0.2) is 45.7 Å². The third-order valence-corrected chi connectivity index (χ3v) is 8.08. The molecule has 1 atom stereocenters. The summed E-state index contributed by atoms with van der Waals surface area (Å²) in [5.74, 6) is 1.24. The molecule has 40 heavy (non-hydrogen) atoms. The highest BCUT2D eigenvalue weighted by Crippen LogP contribution is 2.37. The van der Waals surface area contributed by atoms with Gasteiger partial charge in [-0.05, 0) is 43.9 Å². The van der Waals surface area contributed by atoms with E-state index in [2.05, 4.69) is 10.1 Å². The Morgan fingerprint density at radius 2 is 1.88 bits per heavy atom. The summed E-state index contributed by atoms with van der Waals surface area (Å²) in [6.45, 7) is 6.42. The molecular formula is C30H33N5O5. The van der Waals surface area contributed by atoms with Crippen molar-refractivity contribution in [2.45, 2.75) is 45.1 Å². The lowest BCUT2D eigenvalue weighted by atomic mass is 9.94. The Hall–Kier alpha value is -4.18. The zero-order valence-corrected chi connectivity index (χ0v) is 23.0. The number of pyridine rings is 1. The van der Waals surface area contributed by atoms with Gasteiger partial charge in [-0.25, -0.2) is 0 Å². The number of primary amides is 1. The molecule has 2 aliphatic heterocycles. The van der Waals surface area contributed by atoms with Gasteiger partial charge in [-0.3, -0.25) is 9.59 Å². The number of carbonyl (C=O) groups is 1. The van der Waals surface area contributed by atoms with Crippen molar-refractivity contribution in [1.82, 2.24) is 14.7 Å². The lowest BCUT2D eigenvalue weighted by Gasteiger charge is -2.34. The number of rotatable bonds is 6. The van der Waals surface area contributed by atoms with Gasteiger partial charge >= 0.3 is 0 Å². The summed E-state index contributed by atoms with van der Waals surface area (Å²) in [5.41, 5.74) is 9.60. The summed E-state index contributed by atoms with van der Waals surface area (Å²) >= 11 is 0. The predicted molar refractivity (Wildman–Crippen MR) is 151 cm³/mol. The molecule has 0 saturated carbocycles. The standard InChI is InChI=1S/C30H33N5O5/c1-17-6-4-5-7-21(17)28-32-29(40-33-28)19-8-11-35(12-9-19)26-22-14-18(2)24(39-20-10-13-38-16-20)15-23(22)34(3)30(37)25(26)27(31)36/h4-7,14-15,19-20H,8-13,16H2,1-3H3,(H2,31,36). The second-order valence-electron chi connectivity index (χ2n) is 10.7. The number of benzene rings is 2. The minimum absolute atomic E-state index is 0.00495. The number of ether oxygens (including phenoxy) is 2. The van der Waals surface area contributed by atoms with Crippen LogP contribution in [0.4, 0.5) is 5.69 Å². The number of piperidine rings is 1. The number of aromatic nitrogens is 3. The summed E-state index contributed by atoms with van der Waals surface area (Å²) in [7, 11) is 1.66. The fraction of sp³-hybridized carbons (Fsp3) is 0.400. The second-order valence-corrected chi connectivity index (χ2v) is 10.7. The van der Waals surface area contributed by atoms with Gasteiger partial charge in [0, 0.05) is 49.5 Å². The molecule has 1 unspecified atom stereocenters. The Labute approximate surface area is 231 Å². The number of nitrogens with zero attached hydrogens (tertiary/aromatic N) is 4. The van der Waals surface area contributed by atoms with Gasteiger partial charge in [0.1, 0.15) is 17.4 Å². The Morgan fingerprint density at radius 1 is 1.10 bits per heavy atom. The normalized spacial score (nSPS) is 18.0. The highest BCUT2D eigenvalue weighted by atomic mass is 16.5. The van der Waals surface area contributed by atoms with E-state index in [4.69, 9.17) is 24.7 Å². The van der Waals surface area contributed by atoms with Crippen LogP contribution < -0.4 is 20.9 Å². The van der Waals surface area contributed by atoms with Crippen molar-refractivity contribution in [2.24, 2.45) is 12.8 Å². The third kappa shape index (κ3) is 4.62. The molecule has 2 aliphatic rings. The molecule has 2 aromatic heterocycles. The number of aryl methyl sites for hydroxylation is 3.